The monoisotopic (exact) mass is 294 g/mol. The number of furan rings is 1. The van der Waals surface area contributed by atoms with E-state index in [0.29, 0.717) is 12.5 Å². The first-order chi connectivity index (χ1) is 9.33. The molecule has 1 amide bonds. The van der Waals surface area contributed by atoms with Crippen LogP contribution in [0.15, 0.2) is 35.1 Å². The lowest BCUT2D eigenvalue weighted by molar-refractivity contribution is -0.121. The fourth-order valence-corrected chi connectivity index (χ4v) is 2.63. The van der Waals surface area contributed by atoms with E-state index in [1.54, 1.807) is 12.5 Å². The van der Waals surface area contributed by atoms with Gasteiger partial charge in [-0.3, -0.25) is 4.79 Å². The molecule has 1 aromatic heterocycles. The van der Waals surface area contributed by atoms with Crippen molar-refractivity contribution in [1.82, 2.24) is 10.6 Å². The second kappa shape index (κ2) is 6.77. The van der Waals surface area contributed by atoms with Gasteiger partial charge in [0, 0.05) is 16.8 Å². The number of amides is 1. The lowest BCUT2D eigenvalue weighted by Gasteiger charge is -2.23. The maximum absolute atomic E-state index is 12.1. The number of nitrogens with one attached hydrogen (secondary N) is 2. The van der Waals surface area contributed by atoms with Crippen LogP contribution in [0.1, 0.15) is 18.4 Å². The van der Waals surface area contributed by atoms with E-state index in [0.717, 1.165) is 42.3 Å². The van der Waals surface area contributed by atoms with Gasteiger partial charge in [0.05, 0.1) is 18.9 Å². The maximum atomic E-state index is 12.1. The number of benzene rings is 1. The minimum Gasteiger partial charge on any atom is -0.471 e. The highest BCUT2D eigenvalue weighted by Gasteiger charge is 2.16. The van der Waals surface area contributed by atoms with Crippen LogP contribution in [-0.2, 0) is 11.2 Å². The lowest BCUT2D eigenvalue weighted by Crippen LogP contribution is -2.43. The minimum atomic E-state index is 0. The molecule has 0 aliphatic carbocycles. The number of carbonyl (C=O) groups excluding carboxylic acids is 1. The molecule has 1 saturated heterocycles. The van der Waals surface area contributed by atoms with Gasteiger partial charge in [-0.05, 0) is 31.5 Å². The fraction of sp³-hybridized carbons (Fsp3) is 0.400. The molecular formula is C15H19ClN2O2. The summed E-state index contributed by atoms with van der Waals surface area (Å²) in [6.45, 7) is 1.98. The topological polar surface area (TPSA) is 54.3 Å². The summed E-state index contributed by atoms with van der Waals surface area (Å²) in [5, 5.41) is 8.49. The molecule has 108 valence electrons. The molecule has 0 atom stereocenters. The standard InChI is InChI=1S/C15H18N2O2.ClH/c18-15(17-13-4-6-16-7-5-13)8-11-2-1-3-12-9-19-10-14(11)12;/h1-3,9-10,13,16H,4-8H2,(H,17,18);1H. The molecule has 0 unspecified atom stereocenters. The summed E-state index contributed by atoms with van der Waals surface area (Å²) in [6, 6.07) is 6.26. The zero-order valence-electron chi connectivity index (χ0n) is 11.2. The van der Waals surface area contributed by atoms with E-state index in [9.17, 15) is 4.79 Å². The van der Waals surface area contributed by atoms with Crippen molar-refractivity contribution in [2.45, 2.75) is 25.3 Å². The molecule has 0 spiro atoms. The normalized spacial score (nSPS) is 15.8. The SMILES string of the molecule is Cl.O=C(Cc1cccc2cocc12)NC1CCNCC1. The molecule has 2 heterocycles. The zero-order chi connectivity index (χ0) is 13.1. The first kappa shape index (κ1) is 14.9. The van der Waals surface area contributed by atoms with Gasteiger partial charge in [0.25, 0.3) is 0 Å². The van der Waals surface area contributed by atoms with Crippen molar-refractivity contribution in [3.05, 3.63) is 36.3 Å². The Kier molecular flexibility index (Phi) is 5.04. The predicted molar refractivity (Wildman–Crippen MR) is 81.2 cm³/mol. The third-order valence-corrected chi connectivity index (χ3v) is 3.67. The third-order valence-electron chi connectivity index (χ3n) is 3.67. The summed E-state index contributed by atoms with van der Waals surface area (Å²) in [5.74, 6) is 0.0978. The van der Waals surface area contributed by atoms with Crippen LogP contribution in [-0.4, -0.2) is 25.0 Å². The molecule has 1 aliphatic rings. The second-order valence-electron chi connectivity index (χ2n) is 5.06. The zero-order valence-corrected chi connectivity index (χ0v) is 12.0. The van der Waals surface area contributed by atoms with E-state index in [-0.39, 0.29) is 18.3 Å². The molecule has 4 nitrogen and oxygen atoms in total. The third kappa shape index (κ3) is 3.32. The van der Waals surface area contributed by atoms with Crippen molar-refractivity contribution in [3.8, 4) is 0 Å². The van der Waals surface area contributed by atoms with E-state index >= 15 is 0 Å². The van der Waals surface area contributed by atoms with Crippen LogP contribution < -0.4 is 10.6 Å². The highest BCUT2D eigenvalue weighted by molar-refractivity contribution is 5.89. The Bertz CT molecular complexity index is 576. The number of hydrogen-bond donors (Lipinski definition) is 2. The van der Waals surface area contributed by atoms with E-state index in [2.05, 4.69) is 10.6 Å². The highest BCUT2D eigenvalue weighted by atomic mass is 35.5. The number of carbonyl (C=O) groups is 1. The number of hydrogen-bond acceptors (Lipinski definition) is 3. The Labute approximate surface area is 124 Å². The Hall–Kier alpha value is -1.52. The number of halogens is 1. The van der Waals surface area contributed by atoms with Crippen molar-refractivity contribution in [2.75, 3.05) is 13.1 Å². The summed E-state index contributed by atoms with van der Waals surface area (Å²) in [7, 11) is 0. The highest BCUT2D eigenvalue weighted by Crippen LogP contribution is 2.20. The Morgan fingerprint density at radius 2 is 2.10 bits per heavy atom. The predicted octanol–water partition coefficient (Wildman–Crippen LogP) is 2.27. The van der Waals surface area contributed by atoms with Crippen molar-refractivity contribution in [2.24, 2.45) is 0 Å². The summed E-state index contributed by atoms with van der Waals surface area (Å²) in [5.41, 5.74) is 1.03. The van der Waals surface area contributed by atoms with E-state index in [4.69, 9.17) is 4.42 Å². The maximum Gasteiger partial charge on any atom is 0.224 e. The van der Waals surface area contributed by atoms with Gasteiger partial charge >= 0.3 is 0 Å². The number of rotatable bonds is 3. The minimum absolute atomic E-state index is 0. The Morgan fingerprint density at radius 3 is 2.90 bits per heavy atom. The van der Waals surface area contributed by atoms with Crippen LogP contribution in [0.2, 0.25) is 0 Å². The first-order valence-corrected chi connectivity index (χ1v) is 6.77. The quantitative estimate of drug-likeness (QED) is 0.913. The van der Waals surface area contributed by atoms with Crippen LogP contribution in [0.3, 0.4) is 0 Å². The van der Waals surface area contributed by atoms with Crippen LogP contribution >= 0.6 is 12.4 Å². The molecule has 1 aliphatic heterocycles. The molecule has 1 aromatic carbocycles. The van der Waals surface area contributed by atoms with Crippen LogP contribution in [0.25, 0.3) is 10.8 Å². The lowest BCUT2D eigenvalue weighted by atomic mass is 10.0. The van der Waals surface area contributed by atoms with Crippen LogP contribution in [0.5, 0.6) is 0 Å². The summed E-state index contributed by atoms with van der Waals surface area (Å²) in [4.78, 5) is 12.1. The summed E-state index contributed by atoms with van der Waals surface area (Å²) in [6.07, 6.45) is 5.87. The molecule has 2 N–H and O–H groups in total. The van der Waals surface area contributed by atoms with Crippen molar-refractivity contribution >= 4 is 29.1 Å². The van der Waals surface area contributed by atoms with Gasteiger partial charge < -0.3 is 15.1 Å². The molecule has 0 saturated carbocycles. The molecule has 20 heavy (non-hydrogen) atoms. The Morgan fingerprint density at radius 1 is 1.30 bits per heavy atom. The average molecular weight is 295 g/mol. The van der Waals surface area contributed by atoms with Crippen molar-refractivity contribution in [3.63, 3.8) is 0 Å². The van der Waals surface area contributed by atoms with Gasteiger partial charge in [-0.2, -0.15) is 0 Å². The molecule has 3 rings (SSSR count). The summed E-state index contributed by atoms with van der Waals surface area (Å²) >= 11 is 0. The first-order valence-electron chi connectivity index (χ1n) is 6.77. The van der Waals surface area contributed by atoms with Gasteiger partial charge in [-0.25, -0.2) is 0 Å². The van der Waals surface area contributed by atoms with E-state index < -0.39 is 0 Å². The van der Waals surface area contributed by atoms with Gasteiger partial charge in [0.15, 0.2) is 0 Å². The smallest absolute Gasteiger partial charge is 0.224 e. The summed E-state index contributed by atoms with van der Waals surface area (Å²) < 4.78 is 5.20. The van der Waals surface area contributed by atoms with Gasteiger partial charge in [0.2, 0.25) is 5.91 Å². The van der Waals surface area contributed by atoms with Crippen LogP contribution in [0, 0.1) is 0 Å². The fourth-order valence-electron chi connectivity index (χ4n) is 2.63. The second-order valence-corrected chi connectivity index (χ2v) is 5.06. The molecular weight excluding hydrogens is 276 g/mol. The van der Waals surface area contributed by atoms with Gasteiger partial charge in [-0.15, -0.1) is 12.4 Å². The Balaban J connectivity index is 0.00000147. The molecule has 0 bridgehead atoms. The molecule has 5 heteroatoms. The number of fused-ring (bicyclic) bond motifs is 1. The largest absolute Gasteiger partial charge is 0.471 e. The molecule has 0 radical (unpaired) electrons. The van der Waals surface area contributed by atoms with Gasteiger partial charge in [0.1, 0.15) is 0 Å². The van der Waals surface area contributed by atoms with Crippen molar-refractivity contribution in [1.29, 1.82) is 0 Å². The molecule has 1 fully saturated rings. The van der Waals surface area contributed by atoms with E-state index in [1.165, 1.54) is 0 Å². The van der Waals surface area contributed by atoms with Crippen molar-refractivity contribution < 1.29 is 9.21 Å². The number of piperidine rings is 1. The van der Waals surface area contributed by atoms with Crippen LogP contribution in [0.4, 0.5) is 0 Å². The molecule has 2 aromatic rings. The van der Waals surface area contributed by atoms with Gasteiger partial charge in [-0.1, -0.05) is 18.2 Å². The average Bonchev–Trinajstić information content (AvgIpc) is 2.89. The van der Waals surface area contributed by atoms with E-state index in [1.807, 2.05) is 18.2 Å².